The Morgan fingerprint density at radius 1 is 1.07 bits per heavy atom. The summed E-state index contributed by atoms with van der Waals surface area (Å²) < 4.78 is 0. The van der Waals surface area contributed by atoms with Gasteiger partial charge in [-0.05, 0) is 38.7 Å². The maximum atomic E-state index is 2.44. The van der Waals surface area contributed by atoms with Gasteiger partial charge in [-0.3, -0.25) is 0 Å². The average molecular weight is 194 g/mol. The van der Waals surface area contributed by atoms with Crippen molar-refractivity contribution < 1.29 is 0 Å². The molecule has 0 atom stereocenters. The molecule has 0 saturated carbocycles. The second-order valence-corrected chi connectivity index (χ2v) is 3.95. The van der Waals surface area contributed by atoms with Crippen LogP contribution in [0.15, 0.2) is 23.3 Å². The summed E-state index contributed by atoms with van der Waals surface area (Å²) >= 11 is 0. The van der Waals surface area contributed by atoms with E-state index < -0.39 is 0 Å². The maximum Gasteiger partial charge on any atom is -0.0280 e. The van der Waals surface area contributed by atoms with Gasteiger partial charge in [0.25, 0.3) is 0 Å². The van der Waals surface area contributed by atoms with E-state index in [1.807, 2.05) is 0 Å². The van der Waals surface area contributed by atoms with Gasteiger partial charge in [0.2, 0.25) is 0 Å². The highest BCUT2D eigenvalue weighted by atomic mass is 14.0. The fourth-order valence-electron chi connectivity index (χ4n) is 1.49. The van der Waals surface area contributed by atoms with Gasteiger partial charge < -0.3 is 0 Å². The number of unbranched alkanes of at least 4 members (excludes halogenated alkanes) is 3. The molecule has 0 aromatic rings. The van der Waals surface area contributed by atoms with Crippen molar-refractivity contribution in [2.75, 3.05) is 0 Å². The molecule has 0 N–H and O–H groups in total. The molecule has 0 amide bonds. The summed E-state index contributed by atoms with van der Waals surface area (Å²) in [6.07, 6.45) is 12.4. The van der Waals surface area contributed by atoms with Crippen LogP contribution in [0.3, 0.4) is 0 Å². The Kier molecular flexibility index (Phi) is 8.72. The van der Waals surface area contributed by atoms with Crippen LogP contribution < -0.4 is 0 Å². The Morgan fingerprint density at radius 2 is 1.71 bits per heavy atom. The summed E-state index contributed by atoms with van der Waals surface area (Å²) in [6.45, 7) is 8.87. The van der Waals surface area contributed by atoms with Crippen molar-refractivity contribution in [2.24, 2.45) is 0 Å². The van der Waals surface area contributed by atoms with Crippen molar-refractivity contribution in [3.63, 3.8) is 0 Å². The van der Waals surface area contributed by atoms with E-state index in [1.165, 1.54) is 44.1 Å². The van der Waals surface area contributed by atoms with Crippen LogP contribution in [0, 0.1) is 0 Å². The molecule has 0 bridgehead atoms. The van der Waals surface area contributed by atoms with Gasteiger partial charge in [0.05, 0.1) is 0 Å². The molecule has 0 aromatic carbocycles. The first-order valence-corrected chi connectivity index (χ1v) is 6.08. The van der Waals surface area contributed by atoms with E-state index in [0.29, 0.717) is 0 Å². The van der Waals surface area contributed by atoms with Gasteiger partial charge in [-0.1, -0.05) is 50.8 Å². The lowest BCUT2D eigenvalue weighted by Gasteiger charge is -2.07. The highest BCUT2D eigenvalue weighted by molar-refractivity contribution is 5.28. The van der Waals surface area contributed by atoms with Crippen molar-refractivity contribution in [1.82, 2.24) is 0 Å². The molecule has 0 aliphatic heterocycles. The maximum absolute atomic E-state index is 2.44. The second kappa shape index (κ2) is 9.05. The van der Waals surface area contributed by atoms with Gasteiger partial charge in [-0.15, -0.1) is 0 Å². The largest absolute Gasteiger partial charge is 0.0845 e. The Labute approximate surface area is 90.1 Å². The van der Waals surface area contributed by atoms with Crippen LogP contribution in [0.25, 0.3) is 0 Å². The third kappa shape index (κ3) is 6.01. The predicted octanol–water partition coefficient (Wildman–Crippen LogP) is 5.26. The van der Waals surface area contributed by atoms with Crippen molar-refractivity contribution in [1.29, 1.82) is 0 Å². The molecule has 14 heavy (non-hydrogen) atoms. The molecule has 0 aliphatic carbocycles. The molecular weight excluding hydrogens is 168 g/mol. The molecule has 0 nitrogen and oxygen atoms in total. The monoisotopic (exact) mass is 194 g/mol. The zero-order chi connectivity index (χ0) is 10.8. The summed E-state index contributed by atoms with van der Waals surface area (Å²) in [7, 11) is 0. The molecule has 0 rings (SSSR count). The Hall–Kier alpha value is -0.520. The van der Waals surface area contributed by atoms with Gasteiger partial charge in [0.15, 0.2) is 0 Å². The number of rotatable bonds is 7. The normalized spacial score (nSPS) is 13.4. The second-order valence-electron chi connectivity index (χ2n) is 3.95. The zero-order valence-electron chi connectivity index (χ0n) is 10.4. The lowest BCUT2D eigenvalue weighted by Crippen LogP contribution is -1.87. The van der Waals surface area contributed by atoms with Gasteiger partial charge in [-0.2, -0.15) is 0 Å². The summed E-state index contributed by atoms with van der Waals surface area (Å²) in [6, 6.07) is 0. The van der Waals surface area contributed by atoms with Crippen LogP contribution in [0.2, 0.25) is 0 Å². The van der Waals surface area contributed by atoms with Crippen LogP contribution >= 0.6 is 0 Å². The van der Waals surface area contributed by atoms with E-state index in [2.05, 4.69) is 39.8 Å². The van der Waals surface area contributed by atoms with E-state index in [0.717, 1.165) is 0 Å². The summed E-state index contributed by atoms with van der Waals surface area (Å²) in [4.78, 5) is 0. The molecular formula is C14H26. The van der Waals surface area contributed by atoms with Gasteiger partial charge >= 0.3 is 0 Å². The van der Waals surface area contributed by atoms with Crippen molar-refractivity contribution >= 4 is 0 Å². The predicted molar refractivity (Wildman–Crippen MR) is 66.6 cm³/mol. The van der Waals surface area contributed by atoms with E-state index in [1.54, 1.807) is 5.57 Å². The van der Waals surface area contributed by atoms with Crippen LogP contribution in [0.4, 0.5) is 0 Å². The number of hydrogen-bond acceptors (Lipinski definition) is 0. The fraction of sp³-hybridized carbons (Fsp3) is 0.714. The van der Waals surface area contributed by atoms with E-state index in [9.17, 15) is 0 Å². The van der Waals surface area contributed by atoms with Crippen LogP contribution in [-0.2, 0) is 0 Å². The lowest BCUT2D eigenvalue weighted by atomic mass is 9.99. The SMILES string of the molecule is CC=C(C)C(=CCCCC)CCCC. The van der Waals surface area contributed by atoms with Crippen LogP contribution in [-0.4, -0.2) is 0 Å². The molecule has 0 fully saturated rings. The highest BCUT2D eigenvalue weighted by Gasteiger charge is 1.98. The molecule has 0 heteroatoms. The Bertz CT molecular complexity index is 184. The molecule has 0 aliphatic rings. The molecule has 0 unspecified atom stereocenters. The molecule has 0 radical (unpaired) electrons. The van der Waals surface area contributed by atoms with Gasteiger partial charge in [0, 0.05) is 0 Å². The number of allylic oxidation sites excluding steroid dienone is 4. The standard InChI is InChI=1S/C14H26/c1-5-8-10-12-14(11-9-6-2)13(4)7-3/h7,12H,5-6,8-11H2,1-4H3. The van der Waals surface area contributed by atoms with Gasteiger partial charge in [-0.25, -0.2) is 0 Å². The quantitative estimate of drug-likeness (QED) is 0.383. The zero-order valence-corrected chi connectivity index (χ0v) is 10.4. The fourth-order valence-corrected chi connectivity index (χ4v) is 1.49. The van der Waals surface area contributed by atoms with Crippen molar-refractivity contribution in [3.8, 4) is 0 Å². The smallest absolute Gasteiger partial charge is 0.0280 e. The molecule has 82 valence electrons. The lowest BCUT2D eigenvalue weighted by molar-refractivity contribution is 0.772. The first-order valence-electron chi connectivity index (χ1n) is 6.08. The third-order valence-electron chi connectivity index (χ3n) is 2.69. The Balaban J connectivity index is 4.16. The molecule has 0 saturated heterocycles. The highest BCUT2D eigenvalue weighted by Crippen LogP contribution is 2.18. The summed E-state index contributed by atoms with van der Waals surface area (Å²) in [5.41, 5.74) is 3.04. The minimum absolute atomic E-state index is 1.25. The van der Waals surface area contributed by atoms with E-state index >= 15 is 0 Å². The third-order valence-corrected chi connectivity index (χ3v) is 2.69. The first kappa shape index (κ1) is 13.5. The minimum atomic E-state index is 1.25. The van der Waals surface area contributed by atoms with E-state index in [-0.39, 0.29) is 0 Å². The molecule has 0 aromatic heterocycles. The van der Waals surface area contributed by atoms with Crippen LogP contribution in [0.1, 0.15) is 66.2 Å². The van der Waals surface area contributed by atoms with Crippen molar-refractivity contribution in [2.45, 2.75) is 66.2 Å². The first-order chi connectivity index (χ1) is 6.76. The minimum Gasteiger partial charge on any atom is -0.0845 e. The molecule has 0 heterocycles. The summed E-state index contributed by atoms with van der Waals surface area (Å²) in [5.74, 6) is 0. The number of hydrogen-bond donors (Lipinski definition) is 0. The topological polar surface area (TPSA) is 0 Å². The van der Waals surface area contributed by atoms with E-state index in [4.69, 9.17) is 0 Å². The average Bonchev–Trinajstić information content (AvgIpc) is 2.22. The Morgan fingerprint density at radius 3 is 2.21 bits per heavy atom. The van der Waals surface area contributed by atoms with Gasteiger partial charge in [0.1, 0.15) is 0 Å². The summed E-state index contributed by atoms with van der Waals surface area (Å²) in [5, 5.41) is 0. The van der Waals surface area contributed by atoms with Crippen molar-refractivity contribution in [3.05, 3.63) is 23.3 Å². The van der Waals surface area contributed by atoms with Crippen LogP contribution in [0.5, 0.6) is 0 Å². The molecule has 0 spiro atoms.